The van der Waals surface area contributed by atoms with Crippen LogP contribution in [0.4, 0.5) is 22.0 Å². The molecule has 1 aliphatic heterocycles. The molecule has 0 amide bonds. The number of fused-ring (bicyclic) bond motifs is 1. The van der Waals surface area contributed by atoms with E-state index in [1.807, 2.05) is 18.2 Å². The van der Waals surface area contributed by atoms with Crippen LogP contribution in [0.15, 0.2) is 76.6 Å². The molecule has 0 radical (unpaired) electrons. The highest BCUT2D eigenvalue weighted by Gasteiger charge is 2.39. The number of hydrogen-bond donors (Lipinski definition) is 3. The largest absolute Gasteiger partial charge is 0.494 e. The second-order valence-electron chi connectivity index (χ2n) is 11.2. The van der Waals surface area contributed by atoms with E-state index in [-0.39, 0.29) is 46.7 Å². The van der Waals surface area contributed by atoms with Crippen molar-refractivity contribution in [3.63, 3.8) is 0 Å². The summed E-state index contributed by atoms with van der Waals surface area (Å²) in [5.41, 5.74) is 4.44. The van der Waals surface area contributed by atoms with Crippen molar-refractivity contribution in [1.29, 1.82) is 0 Å². The van der Waals surface area contributed by atoms with Crippen LogP contribution in [-0.2, 0) is 17.4 Å². The third kappa shape index (κ3) is 6.78. The van der Waals surface area contributed by atoms with E-state index in [1.54, 1.807) is 12.1 Å². The number of alkyl halides is 3. The van der Waals surface area contributed by atoms with Gasteiger partial charge in [-0.15, -0.1) is 11.8 Å². The van der Waals surface area contributed by atoms with Gasteiger partial charge in [0.15, 0.2) is 11.6 Å². The van der Waals surface area contributed by atoms with Crippen LogP contribution >= 0.6 is 11.8 Å². The maximum absolute atomic E-state index is 15.8. The Kier molecular flexibility index (Phi) is 10.1. The topological polar surface area (TPSA) is 107 Å². The number of ether oxygens (including phenoxy) is 1. The number of halogens is 5. The van der Waals surface area contributed by atoms with Gasteiger partial charge in [-0.2, -0.15) is 13.2 Å². The van der Waals surface area contributed by atoms with Crippen LogP contribution in [0.3, 0.4) is 0 Å². The molecule has 4 aromatic rings. The number of pyridine rings is 1. The maximum Gasteiger partial charge on any atom is 0.416 e. The van der Waals surface area contributed by atoms with Gasteiger partial charge in [0.2, 0.25) is 0 Å². The molecule has 5 rings (SSSR count). The Labute approximate surface area is 271 Å². The van der Waals surface area contributed by atoms with Crippen molar-refractivity contribution >= 4 is 17.7 Å². The lowest BCUT2D eigenvalue weighted by atomic mass is 9.91. The fourth-order valence-electron chi connectivity index (χ4n) is 5.99. The first-order valence-electron chi connectivity index (χ1n) is 14.7. The summed E-state index contributed by atoms with van der Waals surface area (Å²) in [4.78, 5) is 25.9. The minimum absolute atomic E-state index is 0.0766. The number of benzene rings is 3. The number of aromatic nitrogens is 1. The number of hydrogen-bond acceptors (Lipinski definition) is 6. The molecule has 0 bridgehead atoms. The van der Waals surface area contributed by atoms with Gasteiger partial charge < -0.3 is 20.9 Å². The van der Waals surface area contributed by atoms with E-state index in [9.17, 15) is 27.9 Å². The summed E-state index contributed by atoms with van der Waals surface area (Å²) in [7, 11) is 1.27. The summed E-state index contributed by atoms with van der Waals surface area (Å²) in [5, 5.41) is 12.9. The zero-order valence-corrected chi connectivity index (χ0v) is 26.2. The number of carbonyl (C=O) groups is 1. The molecule has 0 spiro atoms. The molecule has 7 nitrogen and oxygen atoms in total. The molecule has 0 saturated heterocycles. The molecule has 248 valence electrons. The van der Waals surface area contributed by atoms with Gasteiger partial charge in [-0.1, -0.05) is 48.5 Å². The number of nitrogens with two attached hydrogens (primary N) is 1. The van der Waals surface area contributed by atoms with Crippen molar-refractivity contribution in [2.75, 3.05) is 19.4 Å². The summed E-state index contributed by atoms with van der Waals surface area (Å²) in [6.07, 6.45) is -5.29. The third-order valence-corrected chi connectivity index (χ3v) is 9.60. The second kappa shape index (κ2) is 13.9. The first kappa shape index (κ1) is 34.1. The third-order valence-electron chi connectivity index (χ3n) is 8.37. The number of carboxylic acid groups (broad SMARTS) is 1. The minimum Gasteiger partial charge on any atom is -0.494 e. The fourth-order valence-corrected chi connectivity index (χ4v) is 7.42. The van der Waals surface area contributed by atoms with Gasteiger partial charge in [0.25, 0.3) is 5.56 Å². The lowest BCUT2D eigenvalue weighted by Gasteiger charge is -2.28. The van der Waals surface area contributed by atoms with Crippen LogP contribution < -0.4 is 21.3 Å². The Morgan fingerprint density at radius 2 is 1.79 bits per heavy atom. The number of thioether (sulfide) groups is 1. The molecule has 4 N–H and O–H groups in total. The van der Waals surface area contributed by atoms with Crippen molar-refractivity contribution in [1.82, 2.24) is 9.88 Å². The predicted octanol–water partition coefficient (Wildman–Crippen LogP) is 6.50. The number of rotatable bonds is 11. The molecular formula is C34H32F5N3O4S. The first-order valence-corrected chi connectivity index (χ1v) is 15.7. The number of carboxylic acids is 1. The molecule has 13 heteroatoms. The van der Waals surface area contributed by atoms with Crippen molar-refractivity contribution in [2.24, 2.45) is 5.73 Å². The van der Waals surface area contributed by atoms with E-state index in [4.69, 9.17) is 10.5 Å². The predicted molar refractivity (Wildman–Crippen MR) is 169 cm³/mol. The van der Waals surface area contributed by atoms with Crippen LogP contribution in [0.2, 0.25) is 0 Å². The molecule has 0 fully saturated rings. The number of aliphatic carboxylic acids is 1. The van der Waals surface area contributed by atoms with Gasteiger partial charge in [0.05, 0.1) is 35.3 Å². The molecule has 3 atom stereocenters. The van der Waals surface area contributed by atoms with E-state index < -0.39 is 65.0 Å². The van der Waals surface area contributed by atoms with Gasteiger partial charge in [-0.3, -0.25) is 14.2 Å². The molecule has 1 aromatic heterocycles. The number of nitrogens with one attached hydrogen (secondary N) is 1. The molecule has 3 unspecified atom stereocenters. The summed E-state index contributed by atoms with van der Waals surface area (Å²) < 4.78 is 79.8. The quantitative estimate of drug-likeness (QED) is 0.156. The number of methoxy groups -OCH3 is 1. The lowest BCUT2D eigenvalue weighted by Crippen LogP contribution is -2.39. The van der Waals surface area contributed by atoms with Crippen molar-refractivity contribution < 1.29 is 36.6 Å². The van der Waals surface area contributed by atoms with Gasteiger partial charge in [-0.05, 0) is 54.8 Å². The zero-order chi connectivity index (χ0) is 34.0. The molecule has 3 aromatic carbocycles. The monoisotopic (exact) mass is 673 g/mol. The molecule has 0 aliphatic carbocycles. The van der Waals surface area contributed by atoms with Crippen molar-refractivity contribution in [2.45, 2.75) is 49.1 Å². The summed E-state index contributed by atoms with van der Waals surface area (Å²) in [5.74, 6) is -2.90. The SMILES string of the molecule is COc1cccc(-c2c(C)c(Cc3c(F)cccc3C(F)(F)F)c3n(c2=O)C(C(NCCC(N)C(=O)O)c2ccccc2)CS3)c1F. The van der Waals surface area contributed by atoms with E-state index in [0.29, 0.717) is 5.03 Å². The Balaban J connectivity index is 1.74. The van der Waals surface area contributed by atoms with Crippen LogP contribution in [0, 0.1) is 18.6 Å². The maximum atomic E-state index is 15.8. The Morgan fingerprint density at radius 1 is 1.09 bits per heavy atom. The van der Waals surface area contributed by atoms with Crippen molar-refractivity contribution in [3.8, 4) is 16.9 Å². The van der Waals surface area contributed by atoms with Gasteiger partial charge in [0, 0.05) is 23.3 Å². The zero-order valence-electron chi connectivity index (χ0n) is 25.4. The summed E-state index contributed by atoms with van der Waals surface area (Å²) in [6, 6.07) is 13.7. The van der Waals surface area contributed by atoms with Gasteiger partial charge in [0.1, 0.15) is 11.9 Å². The lowest BCUT2D eigenvalue weighted by molar-refractivity contribution is -0.139. The molecule has 0 saturated carbocycles. The Hall–Kier alpha value is -4.20. The molecule has 47 heavy (non-hydrogen) atoms. The highest BCUT2D eigenvalue weighted by atomic mass is 32.2. The van der Waals surface area contributed by atoms with Crippen LogP contribution in [0.25, 0.3) is 11.1 Å². The standard InChI is InChI=1S/C34H32F5N3O4S/c1-18-21(16-22-23(34(37,38)39)11-7-12-24(22)35)32-42(31(43)28(18)20-10-6-13-27(46-2)29(20)36)26(17-47-32)30(19-8-4-3-5-9-19)41-15-14-25(40)33(44)45/h3-13,25-26,30,41H,14-17,40H2,1-2H3,(H,44,45). The molecule has 1 aliphatic rings. The molecule has 2 heterocycles. The van der Waals surface area contributed by atoms with E-state index in [2.05, 4.69) is 5.32 Å². The van der Waals surface area contributed by atoms with E-state index >= 15 is 8.78 Å². The van der Waals surface area contributed by atoms with E-state index in [1.165, 1.54) is 48.6 Å². The highest BCUT2D eigenvalue weighted by molar-refractivity contribution is 7.99. The summed E-state index contributed by atoms with van der Waals surface area (Å²) >= 11 is 1.23. The number of nitrogens with zero attached hydrogens (tertiary/aromatic N) is 1. The smallest absolute Gasteiger partial charge is 0.416 e. The normalized spacial score (nSPS) is 15.7. The first-order chi connectivity index (χ1) is 22.3. The van der Waals surface area contributed by atoms with Crippen molar-refractivity contribution in [3.05, 3.63) is 117 Å². The Morgan fingerprint density at radius 3 is 2.45 bits per heavy atom. The molecular weight excluding hydrogens is 641 g/mol. The minimum atomic E-state index is -4.85. The average molecular weight is 674 g/mol. The highest BCUT2D eigenvalue weighted by Crippen LogP contribution is 2.45. The second-order valence-corrected chi connectivity index (χ2v) is 12.2. The van der Waals surface area contributed by atoms with Gasteiger partial charge >= 0.3 is 12.1 Å². The fraction of sp³-hybridized carbons (Fsp3) is 0.294. The van der Waals surface area contributed by atoms with Crippen LogP contribution in [0.1, 0.15) is 46.3 Å². The van der Waals surface area contributed by atoms with Crippen LogP contribution in [0.5, 0.6) is 5.75 Å². The Bertz CT molecular complexity index is 1850. The van der Waals surface area contributed by atoms with Gasteiger partial charge in [-0.25, -0.2) is 8.78 Å². The summed E-state index contributed by atoms with van der Waals surface area (Å²) in [6.45, 7) is 1.69. The van der Waals surface area contributed by atoms with Crippen LogP contribution in [-0.4, -0.2) is 41.1 Å². The average Bonchev–Trinajstić information content (AvgIpc) is 3.47. The van der Waals surface area contributed by atoms with E-state index in [0.717, 1.165) is 23.8 Å².